The van der Waals surface area contributed by atoms with Gasteiger partial charge in [-0.2, -0.15) is 0 Å². The van der Waals surface area contributed by atoms with Crippen LogP contribution in [0.2, 0.25) is 0 Å². The molecule has 0 saturated heterocycles. The lowest BCUT2D eigenvalue weighted by Crippen LogP contribution is -2.01. The zero-order chi connectivity index (χ0) is 14.3. The van der Waals surface area contributed by atoms with E-state index in [0.717, 1.165) is 11.2 Å². The molecule has 1 N–H and O–H groups in total. The molecule has 0 unspecified atom stereocenters. The first-order chi connectivity index (χ1) is 9.59. The predicted molar refractivity (Wildman–Crippen MR) is 74.4 cm³/mol. The number of aromatic carboxylic acids is 1. The van der Waals surface area contributed by atoms with Gasteiger partial charge in [-0.1, -0.05) is 30.3 Å². The maximum Gasteiger partial charge on any atom is 0.338 e. The molecule has 0 radical (unpaired) electrons. The quantitative estimate of drug-likeness (QED) is 0.775. The number of benzene rings is 2. The van der Waals surface area contributed by atoms with Crippen molar-refractivity contribution in [2.75, 3.05) is 0 Å². The van der Waals surface area contributed by atoms with Crippen molar-refractivity contribution in [3.63, 3.8) is 0 Å². The summed E-state index contributed by atoms with van der Waals surface area (Å²) in [5.74, 6) is -1.21. The van der Waals surface area contributed by atoms with Crippen molar-refractivity contribution in [3.8, 4) is 11.4 Å². The van der Waals surface area contributed by atoms with E-state index in [1.54, 1.807) is 13.0 Å². The van der Waals surface area contributed by atoms with Gasteiger partial charge in [0, 0.05) is 16.8 Å². The van der Waals surface area contributed by atoms with Crippen molar-refractivity contribution in [1.82, 2.24) is 4.57 Å². The van der Waals surface area contributed by atoms with Gasteiger partial charge in [0.15, 0.2) is 0 Å². The van der Waals surface area contributed by atoms with Crippen LogP contribution in [-0.4, -0.2) is 15.6 Å². The third-order valence-corrected chi connectivity index (χ3v) is 3.40. The average Bonchev–Trinajstić information content (AvgIpc) is 2.71. The molecule has 20 heavy (non-hydrogen) atoms. The van der Waals surface area contributed by atoms with Crippen LogP contribution in [0.1, 0.15) is 16.1 Å². The largest absolute Gasteiger partial charge is 0.872 e. The Labute approximate surface area is 115 Å². The Morgan fingerprint density at radius 3 is 2.50 bits per heavy atom. The third kappa shape index (κ3) is 1.73. The van der Waals surface area contributed by atoms with Gasteiger partial charge in [-0.3, -0.25) is 0 Å². The summed E-state index contributed by atoms with van der Waals surface area (Å²) in [6.45, 7) is 1.75. The van der Waals surface area contributed by atoms with Gasteiger partial charge in [-0.15, -0.1) is 5.75 Å². The molecule has 4 nitrogen and oxygen atoms in total. The number of para-hydroxylation sites is 1. The molecule has 0 amide bonds. The molecular weight excluding hydrogens is 254 g/mol. The first-order valence-corrected chi connectivity index (χ1v) is 6.20. The normalized spacial score (nSPS) is 10.8. The Bertz CT molecular complexity index is 803. The van der Waals surface area contributed by atoms with Crippen LogP contribution < -0.4 is 5.11 Å². The van der Waals surface area contributed by atoms with Crippen LogP contribution in [0.15, 0.2) is 48.5 Å². The molecule has 1 aromatic heterocycles. The minimum absolute atomic E-state index is 0.182. The summed E-state index contributed by atoms with van der Waals surface area (Å²) >= 11 is 0. The Kier molecular flexibility index (Phi) is 2.71. The minimum Gasteiger partial charge on any atom is -0.872 e. The second-order valence-electron chi connectivity index (χ2n) is 4.62. The molecule has 2 aromatic carbocycles. The fourth-order valence-electron chi connectivity index (χ4n) is 2.58. The van der Waals surface area contributed by atoms with Gasteiger partial charge in [-0.25, -0.2) is 4.79 Å². The third-order valence-electron chi connectivity index (χ3n) is 3.40. The minimum atomic E-state index is -1.02. The van der Waals surface area contributed by atoms with Gasteiger partial charge >= 0.3 is 5.97 Å². The van der Waals surface area contributed by atoms with Crippen molar-refractivity contribution in [1.29, 1.82) is 0 Å². The van der Waals surface area contributed by atoms with Crippen LogP contribution in [0.25, 0.3) is 16.6 Å². The molecule has 0 aliphatic rings. The topological polar surface area (TPSA) is 65.3 Å². The van der Waals surface area contributed by atoms with Gasteiger partial charge in [0.25, 0.3) is 0 Å². The standard InChI is InChI=1S/C16H13NO3/c1-10-15(16(19)20)13-9-12(18)7-8-14(13)17(10)11-5-3-2-4-6-11/h2-9,18H,1H3,(H,19,20)/p-1. The maximum absolute atomic E-state index is 11.5. The second-order valence-corrected chi connectivity index (χ2v) is 4.62. The highest BCUT2D eigenvalue weighted by Crippen LogP contribution is 2.30. The van der Waals surface area contributed by atoms with Crippen LogP contribution in [0.5, 0.6) is 5.75 Å². The zero-order valence-electron chi connectivity index (χ0n) is 10.8. The number of carboxylic acid groups (broad SMARTS) is 1. The monoisotopic (exact) mass is 266 g/mol. The van der Waals surface area contributed by atoms with Crippen molar-refractivity contribution >= 4 is 16.9 Å². The maximum atomic E-state index is 11.5. The smallest absolute Gasteiger partial charge is 0.338 e. The second kappa shape index (κ2) is 4.42. The lowest BCUT2D eigenvalue weighted by Gasteiger charge is -2.09. The number of hydrogen-bond donors (Lipinski definition) is 1. The lowest BCUT2D eigenvalue weighted by atomic mass is 10.1. The number of hydrogen-bond acceptors (Lipinski definition) is 2. The summed E-state index contributed by atoms with van der Waals surface area (Å²) < 4.78 is 1.86. The Hall–Kier alpha value is -2.75. The van der Waals surface area contributed by atoms with Gasteiger partial charge in [0.1, 0.15) is 0 Å². The first kappa shape index (κ1) is 12.3. The van der Waals surface area contributed by atoms with E-state index in [4.69, 9.17) is 0 Å². The fraction of sp³-hybridized carbons (Fsp3) is 0.0625. The highest BCUT2D eigenvalue weighted by atomic mass is 16.4. The predicted octanol–water partition coefficient (Wildman–Crippen LogP) is 2.71. The zero-order valence-corrected chi connectivity index (χ0v) is 10.8. The van der Waals surface area contributed by atoms with E-state index in [1.165, 1.54) is 12.1 Å². The first-order valence-electron chi connectivity index (χ1n) is 6.20. The average molecular weight is 266 g/mol. The molecule has 3 rings (SSSR count). The SMILES string of the molecule is Cc1c(C(=O)O)c2cc([O-])ccc2n1-c1ccccc1. The highest BCUT2D eigenvalue weighted by Gasteiger charge is 2.19. The summed E-state index contributed by atoms with van der Waals surface area (Å²) in [5.41, 5.74) is 2.40. The summed E-state index contributed by atoms with van der Waals surface area (Å²) in [5, 5.41) is 21.4. The van der Waals surface area contributed by atoms with Gasteiger partial charge in [0.2, 0.25) is 0 Å². The number of aromatic nitrogens is 1. The molecule has 3 aromatic rings. The van der Waals surface area contributed by atoms with Gasteiger partial charge in [0.05, 0.1) is 11.1 Å². The molecule has 1 heterocycles. The molecule has 4 heteroatoms. The molecule has 0 aliphatic carbocycles. The Morgan fingerprint density at radius 2 is 1.85 bits per heavy atom. The molecule has 0 atom stereocenters. The van der Waals surface area contributed by atoms with Crippen LogP contribution in [0.3, 0.4) is 0 Å². The van der Waals surface area contributed by atoms with E-state index in [9.17, 15) is 15.0 Å². The molecule has 0 saturated carbocycles. The summed E-state index contributed by atoms with van der Waals surface area (Å²) in [6, 6.07) is 14.0. The highest BCUT2D eigenvalue weighted by molar-refractivity contribution is 6.06. The number of carboxylic acids is 1. The van der Waals surface area contributed by atoms with E-state index in [2.05, 4.69) is 0 Å². The number of carbonyl (C=O) groups is 1. The number of nitrogens with zero attached hydrogens (tertiary/aromatic N) is 1. The van der Waals surface area contributed by atoms with Gasteiger partial charge < -0.3 is 14.8 Å². The van der Waals surface area contributed by atoms with E-state index in [-0.39, 0.29) is 11.3 Å². The Balaban J connectivity index is 2.44. The Morgan fingerprint density at radius 1 is 1.15 bits per heavy atom. The van der Waals surface area contributed by atoms with Crippen molar-refractivity contribution in [2.45, 2.75) is 6.92 Å². The fourth-order valence-corrected chi connectivity index (χ4v) is 2.58. The van der Waals surface area contributed by atoms with E-state index >= 15 is 0 Å². The molecular formula is C16H12NO3-. The lowest BCUT2D eigenvalue weighted by molar-refractivity contribution is -0.268. The van der Waals surface area contributed by atoms with Crippen molar-refractivity contribution in [2.24, 2.45) is 0 Å². The summed E-state index contributed by atoms with van der Waals surface area (Å²) in [6.07, 6.45) is 0. The summed E-state index contributed by atoms with van der Waals surface area (Å²) in [7, 11) is 0. The van der Waals surface area contributed by atoms with Gasteiger partial charge in [-0.05, 0) is 25.1 Å². The van der Waals surface area contributed by atoms with Crippen molar-refractivity contribution < 1.29 is 15.0 Å². The molecule has 0 spiro atoms. The number of rotatable bonds is 2. The number of fused-ring (bicyclic) bond motifs is 1. The van der Waals surface area contributed by atoms with E-state index < -0.39 is 5.97 Å². The van der Waals surface area contributed by atoms with Crippen LogP contribution in [0.4, 0.5) is 0 Å². The van der Waals surface area contributed by atoms with Crippen LogP contribution in [0, 0.1) is 6.92 Å². The van der Waals surface area contributed by atoms with E-state index in [1.807, 2.05) is 34.9 Å². The molecule has 100 valence electrons. The van der Waals surface area contributed by atoms with Crippen molar-refractivity contribution in [3.05, 3.63) is 59.8 Å². The summed E-state index contributed by atoms with van der Waals surface area (Å²) in [4.78, 5) is 11.5. The molecule has 0 fully saturated rings. The van der Waals surface area contributed by atoms with E-state index in [0.29, 0.717) is 11.1 Å². The van der Waals surface area contributed by atoms with Crippen LogP contribution >= 0.6 is 0 Å². The molecule has 0 bridgehead atoms. The van der Waals surface area contributed by atoms with Crippen LogP contribution in [-0.2, 0) is 0 Å². The molecule has 0 aliphatic heterocycles.